The molecule has 1 N–H and O–H groups in total. The summed E-state index contributed by atoms with van der Waals surface area (Å²) in [6.45, 7) is 1.96. The van der Waals surface area contributed by atoms with Crippen LogP contribution in [0.1, 0.15) is 23.6 Å². The van der Waals surface area contributed by atoms with E-state index in [1.165, 1.54) is 33.7 Å². The molecule has 0 bridgehead atoms. The topological polar surface area (TPSA) is 53.8 Å². The maximum absolute atomic E-state index is 11.2. The van der Waals surface area contributed by atoms with Crippen LogP contribution in [0.2, 0.25) is 0 Å². The van der Waals surface area contributed by atoms with E-state index in [0.29, 0.717) is 10.9 Å². The van der Waals surface area contributed by atoms with Crippen LogP contribution in [-0.2, 0) is 17.6 Å². The monoisotopic (exact) mass is 309 g/mol. The van der Waals surface area contributed by atoms with Gasteiger partial charge in [0.1, 0.15) is 0 Å². The molecule has 1 aliphatic carbocycles. The van der Waals surface area contributed by atoms with Crippen molar-refractivity contribution in [3.05, 3.63) is 47.0 Å². The fraction of sp³-hybridized carbons (Fsp3) is 0.235. The predicted molar refractivity (Wildman–Crippen MR) is 91.6 cm³/mol. The first-order valence-electron chi connectivity index (χ1n) is 7.31. The molecule has 2 aromatic carbocycles. The molecule has 1 heterocycles. The first-order valence-corrected chi connectivity index (χ1v) is 8.30. The predicted octanol–water partition coefficient (Wildman–Crippen LogP) is 2.88. The molecule has 4 nitrogen and oxygen atoms in total. The van der Waals surface area contributed by atoms with Gasteiger partial charge in [0.25, 0.3) is 0 Å². The van der Waals surface area contributed by atoms with Gasteiger partial charge >= 0.3 is 0 Å². The van der Waals surface area contributed by atoms with Crippen molar-refractivity contribution in [2.24, 2.45) is 10.2 Å². The molecule has 0 radical (unpaired) electrons. The summed E-state index contributed by atoms with van der Waals surface area (Å²) in [5.41, 5.74) is 4.82. The van der Waals surface area contributed by atoms with Gasteiger partial charge in [-0.1, -0.05) is 42.1 Å². The van der Waals surface area contributed by atoms with Gasteiger partial charge in [-0.25, -0.2) is 0 Å². The molecular weight excluding hydrogens is 294 g/mol. The van der Waals surface area contributed by atoms with Crippen molar-refractivity contribution < 1.29 is 4.79 Å². The number of nitrogens with one attached hydrogen (secondary N) is 1. The van der Waals surface area contributed by atoms with Crippen LogP contribution < -0.4 is 5.32 Å². The smallest absolute Gasteiger partial charge is 0.236 e. The number of aryl methyl sites for hydroxylation is 2. The standard InChI is InChI=1S/C17H15N3OS/c1-10(19-20-17-18-15(21)9-22-17)13-8-7-12-6-5-11-3-2-4-14(13)16(11)12/h2-4,7-8H,5-6,9H2,1H3,(H,18,20,21)/b19-10+. The Labute approximate surface area is 132 Å². The van der Waals surface area contributed by atoms with Crippen molar-refractivity contribution in [2.75, 3.05) is 5.75 Å². The average Bonchev–Trinajstić information content (AvgIpc) is 3.13. The van der Waals surface area contributed by atoms with Crippen LogP contribution in [0.5, 0.6) is 0 Å². The van der Waals surface area contributed by atoms with Crippen molar-refractivity contribution in [1.29, 1.82) is 0 Å². The molecule has 5 heteroatoms. The number of nitrogens with zero attached hydrogens (tertiary/aromatic N) is 2. The summed E-state index contributed by atoms with van der Waals surface area (Å²) in [6.07, 6.45) is 2.24. The van der Waals surface area contributed by atoms with E-state index in [1.54, 1.807) is 0 Å². The van der Waals surface area contributed by atoms with Gasteiger partial charge in [-0.15, -0.1) is 5.10 Å². The van der Waals surface area contributed by atoms with Crippen LogP contribution in [0.4, 0.5) is 0 Å². The lowest BCUT2D eigenvalue weighted by atomic mass is 9.98. The Balaban J connectivity index is 1.77. The molecule has 0 spiro atoms. The quantitative estimate of drug-likeness (QED) is 0.685. The van der Waals surface area contributed by atoms with E-state index >= 15 is 0 Å². The van der Waals surface area contributed by atoms with Gasteiger partial charge < -0.3 is 5.32 Å². The zero-order valence-electron chi connectivity index (χ0n) is 12.2. The number of thioether (sulfide) groups is 1. The summed E-state index contributed by atoms with van der Waals surface area (Å²) in [5.74, 6) is 0.413. The Morgan fingerprint density at radius 3 is 2.77 bits per heavy atom. The van der Waals surface area contributed by atoms with Crippen molar-refractivity contribution in [3.8, 4) is 0 Å². The molecule has 0 atom stereocenters. The second-order valence-electron chi connectivity index (χ2n) is 5.54. The molecule has 1 amide bonds. The van der Waals surface area contributed by atoms with Gasteiger partial charge in [-0.3, -0.25) is 4.79 Å². The largest absolute Gasteiger partial charge is 0.303 e. The van der Waals surface area contributed by atoms with E-state index in [1.807, 2.05) is 6.92 Å². The molecule has 4 rings (SSSR count). The second-order valence-corrected chi connectivity index (χ2v) is 6.50. The molecule has 2 aromatic rings. The molecule has 0 saturated carbocycles. The van der Waals surface area contributed by atoms with E-state index in [0.717, 1.165) is 24.1 Å². The van der Waals surface area contributed by atoms with E-state index in [4.69, 9.17) is 0 Å². The zero-order chi connectivity index (χ0) is 15.1. The van der Waals surface area contributed by atoms with E-state index in [-0.39, 0.29) is 5.91 Å². The molecule has 110 valence electrons. The summed E-state index contributed by atoms with van der Waals surface area (Å²) in [7, 11) is 0. The van der Waals surface area contributed by atoms with Crippen LogP contribution in [-0.4, -0.2) is 22.5 Å². The maximum atomic E-state index is 11.2. The van der Waals surface area contributed by atoms with Gasteiger partial charge in [0, 0.05) is 5.56 Å². The highest BCUT2D eigenvalue weighted by atomic mass is 32.2. The van der Waals surface area contributed by atoms with Gasteiger partial charge in [-0.05, 0) is 41.7 Å². The Morgan fingerprint density at radius 2 is 2.00 bits per heavy atom. The average molecular weight is 309 g/mol. The van der Waals surface area contributed by atoms with Crippen LogP contribution in [0.3, 0.4) is 0 Å². The summed E-state index contributed by atoms with van der Waals surface area (Å²) in [5, 5.41) is 14.4. The molecule has 1 fully saturated rings. The van der Waals surface area contributed by atoms with E-state index in [9.17, 15) is 4.79 Å². The van der Waals surface area contributed by atoms with Crippen molar-refractivity contribution in [3.63, 3.8) is 0 Å². The number of amidine groups is 1. The van der Waals surface area contributed by atoms with E-state index < -0.39 is 0 Å². The fourth-order valence-corrected chi connectivity index (χ4v) is 3.74. The van der Waals surface area contributed by atoms with Crippen LogP contribution in [0.25, 0.3) is 10.8 Å². The van der Waals surface area contributed by atoms with Gasteiger partial charge in [0.2, 0.25) is 5.91 Å². The third kappa shape index (κ3) is 2.22. The number of rotatable bonds is 2. The minimum absolute atomic E-state index is 0.0121. The molecule has 22 heavy (non-hydrogen) atoms. The summed E-state index contributed by atoms with van der Waals surface area (Å²) in [6, 6.07) is 10.8. The SMILES string of the molecule is C/C(=N\N=C1/NC(=O)CS1)c1ccc2c3c(cccc13)CC2. The van der Waals surface area contributed by atoms with Crippen LogP contribution in [0.15, 0.2) is 40.5 Å². The summed E-state index contributed by atoms with van der Waals surface area (Å²) >= 11 is 1.39. The summed E-state index contributed by atoms with van der Waals surface area (Å²) in [4.78, 5) is 11.2. The summed E-state index contributed by atoms with van der Waals surface area (Å²) < 4.78 is 0. The number of benzene rings is 2. The third-order valence-corrected chi connectivity index (χ3v) is 5.01. The van der Waals surface area contributed by atoms with Crippen LogP contribution in [0, 0.1) is 0 Å². The Kier molecular flexibility index (Phi) is 3.22. The molecule has 2 aliphatic rings. The Bertz CT molecular complexity index is 844. The molecule has 1 aliphatic heterocycles. The van der Waals surface area contributed by atoms with Gasteiger partial charge in [-0.2, -0.15) is 5.10 Å². The number of hydrogen-bond acceptors (Lipinski definition) is 4. The van der Waals surface area contributed by atoms with Crippen molar-refractivity contribution in [2.45, 2.75) is 19.8 Å². The van der Waals surface area contributed by atoms with Crippen molar-refractivity contribution in [1.82, 2.24) is 5.32 Å². The first kappa shape index (κ1) is 13.5. The molecule has 0 unspecified atom stereocenters. The highest BCUT2D eigenvalue weighted by molar-refractivity contribution is 8.15. The maximum Gasteiger partial charge on any atom is 0.236 e. The lowest BCUT2D eigenvalue weighted by Crippen LogP contribution is -2.19. The number of hydrogen-bond donors (Lipinski definition) is 1. The van der Waals surface area contributed by atoms with Gasteiger partial charge in [0.15, 0.2) is 5.17 Å². The van der Waals surface area contributed by atoms with Crippen molar-refractivity contribution >= 4 is 39.3 Å². The highest BCUT2D eigenvalue weighted by Crippen LogP contribution is 2.33. The fourth-order valence-electron chi connectivity index (χ4n) is 3.12. The minimum atomic E-state index is -0.0121. The Morgan fingerprint density at radius 1 is 1.18 bits per heavy atom. The Hall–Kier alpha value is -2.14. The number of carbonyl (C=O) groups is 1. The lowest BCUT2D eigenvalue weighted by molar-refractivity contribution is -0.116. The number of amides is 1. The number of carbonyl (C=O) groups excluding carboxylic acids is 1. The molecule has 1 saturated heterocycles. The van der Waals surface area contributed by atoms with Crippen LogP contribution >= 0.6 is 11.8 Å². The lowest BCUT2D eigenvalue weighted by Gasteiger charge is -2.08. The molecular formula is C17H15N3OS. The van der Waals surface area contributed by atoms with E-state index in [2.05, 4.69) is 45.9 Å². The third-order valence-electron chi connectivity index (χ3n) is 4.14. The normalized spacial score (nSPS) is 19.2. The molecule has 0 aromatic heterocycles. The zero-order valence-corrected chi connectivity index (χ0v) is 13.0. The minimum Gasteiger partial charge on any atom is -0.303 e. The van der Waals surface area contributed by atoms with Gasteiger partial charge in [0.05, 0.1) is 11.5 Å². The first-order chi connectivity index (χ1) is 10.7. The highest BCUT2D eigenvalue weighted by Gasteiger charge is 2.18. The second kappa shape index (κ2) is 5.25.